The minimum atomic E-state index is -1.15. The van der Waals surface area contributed by atoms with Gasteiger partial charge in [0.1, 0.15) is 5.01 Å². The Labute approximate surface area is 250 Å². The Morgan fingerprint density at radius 1 is 1.05 bits per heavy atom. The van der Waals surface area contributed by atoms with Crippen LogP contribution in [0.2, 0.25) is 5.02 Å². The molecule has 41 heavy (non-hydrogen) atoms. The number of carbonyl (C=O) groups is 1. The van der Waals surface area contributed by atoms with E-state index < -0.39 is 17.7 Å². The number of ether oxygens (including phenoxy) is 1. The highest BCUT2D eigenvalue weighted by atomic mass is 35.5. The fourth-order valence-corrected chi connectivity index (χ4v) is 6.61. The van der Waals surface area contributed by atoms with E-state index in [2.05, 4.69) is 34.7 Å². The van der Waals surface area contributed by atoms with Gasteiger partial charge in [-0.2, -0.15) is 0 Å². The van der Waals surface area contributed by atoms with Crippen molar-refractivity contribution in [3.8, 4) is 21.7 Å². The molecule has 0 bridgehead atoms. The van der Waals surface area contributed by atoms with E-state index in [0.717, 1.165) is 69.3 Å². The molecule has 0 amide bonds. The number of thiazole rings is 1. The molecule has 1 N–H and O–H groups in total. The molecule has 4 aromatic rings. The van der Waals surface area contributed by atoms with Gasteiger partial charge in [-0.1, -0.05) is 23.7 Å². The summed E-state index contributed by atoms with van der Waals surface area (Å²) in [6.45, 7) is 16.0. The van der Waals surface area contributed by atoms with E-state index >= 15 is 0 Å². The summed E-state index contributed by atoms with van der Waals surface area (Å²) in [7, 11) is 0. The van der Waals surface area contributed by atoms with Crippen molar-refractivity contribution in [2.24, 2.45) is 0 Å². The van der Waals surface area contributed by atoms with Crippen molar-refractivity contribution in [1.29, 1.82) is 0 Å². The van der Waals surface area contributed by atoms with Gasteiger partial charge >= 0.3 is 5.97 Å². The van der Waals surface area contributed by atoms with E-state index in [1.807, 2.05) is 70.4 Å². The molecule has 7 nitrogen and oxygen atoms in total. The SMILES string of the molecule is Cc1cc2nc(-c3cncc(N4CCN(C(C)C)CC4)c3)sc2c(-c2ccc(Cl)cc2)c1[C@H](OC(C)(C)C)C(=O)O. The number of carboxylic acid groups (broad SMARTS) is 1. The third-order valence-corrected chi connectivity index (χ3v) is 8.79. The largest absolute Gasteiger partial charge is 0.479 e. The summed E-state index contributed by atoms with van der Waals surface area (Å²) in [4.78, 5) is 27.1. The number of aromatic nitrogens is 2. The molecule has 2 aromatic heterocycles. The number of nitrogens with zero attached hydrogens (tertiary/aromatic N) is 4. The number of benzene rings is 2. The third kappa shape index (κ3) is 6.41. The van der Waals surface area contributed by atoms with Crippen LogP contribution in [-0.2, 0) is 9.53 Å². The zero-order chi connectivity index (χ0) is 29.5. The molecule has 2 aromatic carbocycles. The summed E-state index contributed by atoms with van der Waals surface area (Å²) in [5.41, 5.74) is 5.30. The smallest absolute Gasteiger partial charge is 0.337 e. The Balaban J connectivity index is 1.62. The molecular formula is C32H37ClN4O3S. The van der Waals surface area contributed by atoms with Crippen LogP contribution in [0.15, 0.2) is 48.8 Å². The fraction of sp³-hybridized carbons (Fsp3) is 0.406. The van der Waals surface area contributed by atoms with Crippen LogP contribution in [0.25, 0.3) is 31.9 Å². The first-order chi connectivity index (χ1) is 19.4. The summed E-state index contributed by atoms with van der Waals surface area (Å²) >= 11 is 7.78. The van der Waals surface area contributed by atoms with Crippen LogP contribution < -0.4 is 4.90 Å². The zero-order valence-electron chi connectivity index (χ0n) is 24.4. The topological polar surface area (TPSA) is 78.8 Å². The average Bonchev–Trinajstić information content (AvgIpc) is 3.35. The normalized spacial score (nSPS) is 15.6. The van der Waals surface area contributed by atoms with E-state index in [4.69, 9.17) is 21.3 Å². The number of carboxylic acids is 1. The van der Waals surface area contributed by atoms with Gasteiger partial charge in [0.2, 0.25) is 0 Å². The zero-order valence-corrected chi connectivity index (χ0v) is 26.0. The molecule has 9 heteroatoms. The highest BCUT2D eigenvalue weighted by Gasteiger charge is 2.32. The van der Waals surface area contributed by atoms with Crippen LogP contribution in [0.3, 0.4) is 0 Å². The summed E-state index contributed by atoms with van der Waals surface area (Å²) in [5, 5.41) is 11.8. The number of halogens is 1. The minimum Gasteiger partial charge on any atom is -0.479 e. The van der Waals surface area contributed by atoms with Crippen LogP contribution in [0.5, 0.6) is 0 Å². The molecule has 1 fully saturated rings. The molecule has 0 spiro atoms. The first kappa shape index (κ1) is 29.5. The van der Waals surface area contributed by atoms with Crippen molar-refractivity contribution in [2.75, 3.05) is 31.1 Å². The van der Waals surface area contributed by atoms with Gasteiger partial charge in [-0.25, -0.2) is 9.78 Å². The minimum absolute atomic E-state index is 0.544. The van der Waals surface area contributed by atoms with Gasteiger partial charge in [-0.15, -0.1) is 11.3 Å². The lowest BCUT2D eigenvalue weighted by Gasteiger charge is -2.38. The summed E-state index contributed by atoms with van der Waals surface area (Å²) in [6.07, 6.45) is 2.62. The van der Waals surface area contributed by atoms with Gasteiger partial charge in [0, 0.05) is 60.1 Å². The lowest BCUT2D eigenvalue weighted by molar-refractivity contribution is -0.160. The van der Waals surface area contributed by atoms with E-state index in [1.54, 1.807) is 11.3 Å². The predicted molar refractivity (Wildman–Crippen MR) is 168 cm³/mol. The Hall–Kier alpha value is -3.04. The molecule has 1 saturated heterocycles. The molecule has 1 atom stereocenters. The van der Waals surface area contributed by atoms with E-state index in [9.17, 15) is 9.90 Å². The standard InChI is InChI=1S/C32H37ClN4O3S/c1-19(2)36-11-13-37(14-12-36)24-16-22(17-34-18-24)30-35-25-15-20(3)26(28(31(38)39)40-32(4,5)6)27(29(25)41-30)21-7-9-23(33)10-8-21/h7-10,15-19,28H,11-14H2,1-6H3,(H,38,39)/t28-/m0/s1. The monoisotopic (exact) mass is 592 g/mol. The molecule has 5 rings (SSSR count). The van der Waals surface area contributed by atoms with Gasteiger partial charge in [-0.3, -0.25) is 9.88 Å². The maximum Gasteiger partial charge on any atom is 0.337 e. The highest BCUT2D eigenvalue weighted by molar-refractivity contribution is 7.22. The van der Waals surface area contributed by atoms with Crippen molar-refractivity contribution in [3.63, 3.8) is 0 Å². The van der Waals surface area contributed by atoms with E-state index in [-0.39, 0.29) is 0 Å². The quantitative estimate of drug-likeness (QED) is 0.239. The second kappa shape index (κ2) is 11.7. The van der Waals surface area contributed by atoms with Crippen molar-refractivity contribution in [2.45, 2.75) is 59.3 Å². The number of aryl methyl sites for hydroxylation is 1. The molecule has 0 radical (unpaired) electrons. The third-order valence-electron chi connectivity index (χ3n) is 7.40. The number of pyridine rings is 1. The van der Waals surface area contributed by atoms with E-state index in [0.29, 0.717) is 16.6 Å². The molecule has 0 aliphatic carbocycles. The van der Waals surface area contributed by atoms with Gasteiger partial charge < -0.3 is 14.7 Å². The Kier molecular flexibility index (Phi) is 8.39. The lowest BCUT2D eigenvalue weighted by Crippen LogP contribution is -2.48. The van der Waals surface area contributed by atoms with E-state index in [1.165, 1.54) is 0 Å². The van der Waals surface area contributed by atoms with Crippen molar-refractivity contribution >= 4 is 44.8 Å². The molecule has 0 saturated carbocycles. The van der Waals surface area contributed by atoms with Crippen LogP contribution in [0.4, 0.5) is 5.69 Å². The van der Waals surface area contributed by atoms with Crippen molar-refractivity contribution in [3.05, 3.63) is 64.9 Å². The summed E-state index contributed by atoms with van der Waals surface area (Å²) in [6, 6.07) is 12.2. The van der Waals surface area contributed by atoms with Crippen molar-refractivity contribution < 1.29 is 14.6 Å². The number of hydrogen-bond acceptors (Lipinski definition) is 7. The van der Waals surface area contributed by atoms with Gasteiger partial charge in [0.15, 0.2) is 6.10 Å². The summed E-state index contributed by atoms with van der Waals surface area (Å²) in [5.74, 6) is -1.03. The Bertz CT molecular complexity index is 1550. The van der Waals surface area contributed by atoms with Gasteiger partial charge in [0.25, 0.3) is 0 Å². The first-order valence-corrected chi connectivity index (χ1v) is 15.2. The van der Waals surface area contributed by atoms with Crippen molar-refractivity contribution in [1.82, 2.24) is 14.9 Å². The number of aliphatic carboxylic acids is 1. The van der Waals surface area contributed by atoms with Gasteiger partial charge in [0.05, 0.1) is 27.7 Å². The maximum atomic E-state index is 12.6. The predicted octanol–water partition coefficient (Wildman–Crippen LogP) is 7.46. The van der Waals surface area contributed by atoms with Crippen LogP contribution >= 0.6 is 22.9 Å². The maximum absolute atomic E-state index is 12.6. The number of fused-ring (bicyclic) bond motifs is 1. The summed E-state index contributed by atoms with van der Waals surface area (Å²) < 4.78 is 7.04. The molecule has 1 aliphatic heterocycles. The van der Waals surface area contributed by atoms with Gasteiger partial charge in [-0.05, 0) is 76.9 Å². The molecular weight excluding hydrogens is 556 g/mol. The molecule has 3 heterocycles. The average molecular weight is 593 g/mol. The van der Waals surface area contributed by atoms with Crippen LogP contribution in [0.1, 0.15) is 51.8 Å². The lowest BCUT2D eigenvalue weighted by atomic mass is 9.91. The second-order valence-electron chi connectivity index (χ2n) is 11.9. The Morgan fingerprint density at radius 3 is 2.34 bits per heavy atom. The van der Waals surface area contributed by atoms with Crippen LogP contribution in [-0.4, -0.2) is 63.8 Å². The number of piperazine rings is 1. The number of hydrogen-bond donors (Lipinski definition) is 1. The highest BCUT2D eigenvalue weighted by Crippen LogP contribution is 2.44. The molecule has 1 aliphatic rings. The molecule has 216 valence electrons. The Morgan fingerprint density at radius 2 is 1.73 bits per heavy atom. The first-order valence-electron chi connectivity index (χ1n) is 14.0. The molecule has 0 unspecified atom stereocenters. The fourth-order valence-electron chi connectivity index (χ4n) is 5.38. The van der Waals surface area contributed by atoms with Crippen LogP contribution in [0, 0.1) is 6.92 Å². The number of rotatable bonds is 7. The second-order valence-corrected chi connectivity index (χ2v) is 13.3. The number of anilines is 1.